The largest absolute Gasteiger partial charge is 1.00 e. The Balaban J connectivity index is 0.000001000. The van der Waals surface area contributed by atoms with Gasteiger partial charge >= 0.3 is 0 Å². The Labute approximate surface area is 85.4 Å². The number of nitrogens with zero attached hydrogens (tertiary/aromatic N) is 1. The lowest BCUT2D eigenvalue weighted by Gasteiger charge is -2.12. The van der Waals surface area contributed by atoms with Gasteiger partial charge in [-0.05, 0) is 6.42 Å². The van der Waals surface area contributed by atoms with E-state index in [1.807, 2.05) is 18.3 Å². The first-order valence-corrected chi connectivity index (χ1v) is 3.86. The minimum absolute atomic E-state index is 0. The van der Waals surface area contributed by atoms with Gasteiger partial charge in [-0.25, -0.2) is 5.01 Å². The van der Waals surface area contributed by atoms with Crippen molar-refractivity contribution in [2.75, 3.05) is 13.6 Å². The molecule has 1 aliphatic heterocycles. The molecule has 1 aliphatic rings. The molecule has 0 aromatic heterocycles. The van der Waals surface area contributed by atoms with Crippen LogP contribution < -0.4 is 34.5 Å². The Bertz CT molecular complexity index is 127. The second-order valence-electron chi connectivity index (χ2n) is 2.67. The Morgan fingerprint density at radius 3 is 2.73 bits per heavy atom. The number of unbranched alkanes of at least 4 members (excludes halogenated alkanes) is 1. The van der Waals surface area contributed by atoms with Crippen LogP contribution in [0.15, 0.2) is 12.4 Å². The molecule has 11 heavy (non-hydrogen) atoms. The standard InChI is InChI=1S/C7H15N3.HI/c1-3-4-5-10-7-6-9(2)8-10;/h6-8H,3-5H2,1-2H3;1H. The number of rotatable bonds is 3. The lowest BCUT2D eigenvalue weighted by Crippen LogP contribution is -3.13. The van der Waals surface area contributed by atoms with Gasteiger partial charge in [0.25, 0.3) is 0 Å². The summed E-state index contributed by atoms with van der Waals surface area (Å²) in [7, 11) is 2.01. The number of hydrogen-bond donors (Lipinski definition) is 2. The lowest BCUT2D eigenvalue weighted by molar-refractivity contribution is -0.901. The van der Waals surface area contributed by atoms with Crippen molar-refractivity contribution in [3.63, 3.8) is 0 Å². The zero-order valence-corrected chi connectivity index (χ0v) is 9.26. The summed E-state index contributed by atoms with van der Waals surface area (Å²) in [5.41, 5.74) is 3.23. The SMILES string of the molecule is CCCC[NH+]1C=CN(C)N1.[I-]. The summed E-state index contributed by atoms with van der Waals surface area (Å²) in [6, 6.07) is 0. The van der Waals surface area contributed by atoms with Crippen LogP contribution in [0.1, 0.15) is 19.8 Å². The molecule has 1 heterocycles. The van der Waals surface area contributed by atoms with E-state index in [2.05, 4.69) is 18.7 Å². The number of quaternary nitrogens is 1. The van der Waals surface area contributed by atoms with Crippen LogP contribution in [0, 0.1) is 0 Å². The average molecular weight is 269 g/mol. The minimum Gasteiger partial charge on any atom is -1.00 e. The third-order valence-corrected chi connectivity index (χ3v) is 1.62. The molecule has 0 radical (unpaired) electrons. The molecule has 0 bridgehead atoms. The number of halogens is 1. The van der Waals surface area contributed by atoms with E-state index in [4.69, 9.17) is 0 Å². The van der Waals surface area contributed by atoms with E-state index in [-0.39, 0.29) is 24.0 Å². The summed E-state index contributed by atoms with van der Waals surface area (Å²) in [6.07, 6.45) is 6.73. The predicted octanol–water partition coefficient (Wildman–Crippen LogP) is -3.49. The minimum atomic E-state index is 0. The monoisotopic (exact) mass is 269 g/mol. The van der Waals surface area contributed by atoms with E-state index in [0.29, 0.717) is 0 Å². The van der Waals surface area contributed by atoms with Gasteiger partial charge in [0.1, 0.15) is 12.7 Å². The number of hydrogen-bond acceptors (Lipinski definition) is 2. The molecule has 4 heteroatoms. The van der Waals surface area contributed by atoms with Crippen molar-refractivity contribution < 1.29 is 29.0 Å². The van der Waals surface area contributed by atoms with Crippen molar-refractivity contribution in [3.05, 3.63) is 12.4 Å². The summed E-state index contributed by atoms with van der Waals surface area (Å²) >= 11 is 0. The number of nitrogens with one attached hydrogen (secondary N) is 2. The molecule has 1 unspecified atom stereocenters. The highest BCUT2D eigenvalue weighted by Gasteiger charge is 2.10. The van der Waals surface area contributed by atoms with Crippen LogP contribution in [0.4, 0.5) is 0 Å². The van der Waals surface area contributed by atoms with Crippen LogP contribution in [-0.4, -0.2) is 18.6 Å². The smallest absolute Gasteiger partial charge is 0.133 e. The molecule has 1 atom stereocenters. The van der Waals surface area contributed by atoms with Crippen molar-refractivity contribution in [1.29, 1.82) is 0 Å². The highest BCUT2D eigenvalue weighted by molar-refractivity contribution is 4.70. The van der Waals surface area contributed by atoms with Gasteiger partial charge in [0.15, 0.2) is 0 Å². The molecule has 0 saturated carbocycles. The van der Waals surface area contributed by atoms with Crippen molar-refractivity contribution >= 4 is 0 Å². The van der Waals surface area contributed by atoms with Crippen LogP contribution in [0.25, 0.3) is 0 Å². The maximum atomic E-state index is 3.23. The second-order valence-corrected chi connectivity index (χ2v) is 2.67. The van der Waals surface area contributed by atoms with E-state index >= 15 is 0 Å². The summed E-state index contributed by atoms with van der Waals surface area (Å²) < 4.78 is 0. The Morgan fingerprint density at radius 1 is 1.55 bits per heavy atom. The highest BCUT2D eigenvalue weighted by Crippen LogP contribution is 1.81. The number of hydrazine groups is 1. The van der Waals surface area contributed by atoms with E-state index in [0.717, 1.165) is 0 Å². The van der Waals surface area contributed by atoms with Crippen molar-refractivity contribution in [3.8, 4) is 0 Å². The van der Waals surface area contributed by atoms with E-state index in [1.54, 1.807) is 0 Å². The van der Waals surface area contributed by atoms with Gasteiger partial charge in [-0.2, -0.15) is 0 Å². The Kier molecular flexibility index (Phi) is 5.89. The van der Waals surface area contributed by atoms with Crippen LogP contribution in [-0.2, 0) is 0 Å². The molecule has 0 aromatic carbocycles. The normalized spacial score (nSPS) is 22.0. The first-order valence-electron chi connectivity index (χ1n) is 3.86. The van der Waals surface area contributed by atoms with Crippen LogP contribution in [0.5, 0.6) is 0 Å². The zero-order valence-electron chi connectivity index (χ0n) is 7.10. The van der Waals surface area contributed by atoms with E-state index < -0.39 is 0 Å². The molecule has 0 saturated heterocycles. The first kappa shape index (κ1) is 11.2. The van der Waals surface area contributed by atoms with Gasteiger partial charge in [0.05, 0.1) is 6.20 Å². The van der Waals surface area contributed by atoms with E-state index in [1.165, 1.54) is 24.4 Å². The molecular formula is C7H16IN3. The quantitative estimate of drug-likeness (QED) is 0.519. The van der Waals surface area contributed by atoms with Gasteiger partial charge in [-0.15, -0.1) is 0 Å². The van der Waals surface area contributed by atoms with Crippen LogP contribution >= 0.6 is 0 Å². The maximum Gasteiger partial charge on any atom is 0.133 e. The fraction of sp³-hybridized carbons (Fsp3) is 0.714. The average Bonchev–Trinajstić information content (AvgIpc) is 2.31. The third-order valence-electron chi connectivity index (χ3n) is 1.62. The summed E-state index contributed by atoms with van der Waals surface area (Å²) in [5.74, 6) is 0. The molecule has 66 valence electrons. The van der Waals surface area contributed by atoms with Gasteiger partial charge in [-0.3, -0.25) is 5.01 Å². The topological polar surface area (TPSA) is 19.7 Å². The van der Waals surface area contributed by atoms with Crippen LogP contribution in [0.2, 0.25) is 0 Å². The van der Waals surface area contributed by atoms with Crippen molar-refractivity contribution in [2.45, 2.75) is 19.8 Å². The molecular weight excluding hydrogens is 253 g/mol. The molecule has 0 fully saturated rings. The van der Waals surface area contributed by atoms with Gasteiger partial charge in [-0.1, -0.05) is 18.9 Å². The molecule has 2 N–H and O–H groups in total. The van der Waals surface area contributed by atoms with Gasteiger partial charge in [0, 0.05) is 7.05 Å². The van der Waals surface area contributed by atoms with Gasteiger partial charge < -0.3 is 24.0 Å². The molecule has 0 aromatic rings. The van der Waals surface area contributed by atoms with Gasteiger partial charge in [0.2, 0.25) is 0 Å². The molecule has 0 spiro atoms. The highest BCUT2D eigenvalue weighted by atomic mass is 127. The summed E-state index contributed by atoms with van der Waals surface area (Å²) in [6.45, 7) is 3.39. The second kappa shape index (κ2) is 5.79. The molecule has 3 nitrogen and oxygen atoms in total. The molecule has 0 aliphatic carbocycles. The Morgan fingerprint density at radius 2 is 2.27 bits per heavy atom. The maximum absolute atomic E-state index is 3.23. The fourth-order valence-electron chi connectivity index (χ4n) is 1.01. The Hall–Kier alpha value is 0.190. The first-order chi connectivity index (χ1) is 4.83. The zero-order chi connectivity index (χ0) is 7.40. The van der Waals surface area contributed by atoms with Crippen LogP contribution in [0.3, 0.4) is 0 Å². The van der Waals surface area contributed by atoms with E-state index in [9.17, 15) is 0 Å². The molecule has 1 rings (SSSR count). The van der Waals surface area contributed by atoms with Crippen molar-refractivity contribution in [2.24, 2.45) is 0 Å². The summed E-state index contributed by atoms with van der Waals surface area (Å²) in [5, 5.41) is 3.31. The fourth-order valence-corrected chi connectivity index (χ4v) is 1.01. The molecule has 0 amide bonds. The van der Waals surface area contributed by atoms with Crippen molar-refractivity contribution in [1.82, 2.24) is 10.5 Å². The summed E-state index contributed by atoms with van der Waals surface area (Å²) in [4.78, 5) is 0. The lowest BCUT2D eigenvalue weighted by atomic mass is 10.3. The third kappa shape index (κ3) is 3.93. The predicted molar refractivity (Wildman–Crippen MR) is 40.8 cm³/mol.